The Kier molecular flexibility index (Phi) is 4.57. The van der Waals surface area contributed by atoms with Crippen LogP contribution < -0.4 is 10.6 Å². The van der Waals surface area contributed by atoms with Crippen LogP contribution in [0, 0.1) is 6.92 Å². The summed E-state index contributed by atoms with van der Waals surface area (Å²) >= 11 is 6.13. The molecule has 4 nitrogen and oxygen atoms in total. The van der Waals surface area contributed by atoms with E-state index in [9.17, 15) is 4.79 Å². The number of urea groups is 1. The van der Waals surface area contributed by atoms with Gasteiger partial charge in [0.15, 0.2) is 0 Å². The molecule has 0 unspecified atom stereocenters. The van der Waals surface area contributed by atoms with Crippen LogP contribution in [-0.2, 0) is 0 Å². The van der Waals surface area contributed by atoms with Crippen LogP contribution in [0.5, 0.6) is 0 Å². The number of hydrogen-bond acceptors (Lipinski definition) is 1. The molecule has 0 spiro atoms. The van der Waals surface area contributed by atoms with Crippen LogP contribution in [0.1, 0.15) is 5.56 Å². The summed E-state index contributed by atoms with van der Waals surface area (Å²) in [6.07, 6.45) is 0. The molecule has 2 amide bonds. The molecule has 1 heterocycles. The van der Waals surface area contributed by atoms with Crippen molar-refractivity contribution in [2.75, 3.05) is 10.6 Å². The molecule has 0 saturated carbocycles. The molecular formula is C22H18ClN3O. The van der Waals surface area contributed by atoms with Gasteiger partial charge in [0.1, 0.15) is 0 Å². The third-order valence-corrected chi connectivity index (χ3v) is 4.83. The first-order valence-corrected chi connectivity index (χ1v) is 8.99. The Morgan fingerprint density at radius 2 is 1.70 bits per heavy atom. The molecular weight excluding hydrogens is 358 g/mol. The highest BCUT2D eigenvalue weighted by Crippen LogP contribution is 2.30. The van der Waals surface area contributed by atoms with Crippen LogP contribution in [-0.4, -0.2) is 11.0 Å². The van der Waals surface area contributed by atoms with Gasteiger partial charge in [0.05, 0.1) is 5.69 Å². The number of H-pyrrole nitrogens is 1. The van der Waals surface area contributed by atoms with Crippen molar-refractivity contribution in [3.05, 3.63) is 83.4 Å². The molecule has 0 aliphatic carbocycles. The highest BCUT2D eigenvalue weighted by Gasteiger charge is 2.11. The molecule has 0 bridgehead atoms. The number of anilines is 2. The Bertz CT molecular complexity index is 1100. The minimum absolute atomic E-state index is 0.321. The van der Waals surface area contributed by atoms with E-state index in [0.29, 0.717) is 10.7 Å². The predicted molar refractivity (Wildman–Crippen MR) is 113 cm³/mol. The molecule has 1 aromatic heterocycles. The van der Waals surface area contributed by atoms with Crippen molar-refractivity contribution >= 4 is 39.9 Å². The predicted octanol–water partition coefficient (Wildman–Crippen LogP) is 6.44. The summed E-state index contributed by atoms with van der Waals surface area (Å²) < 4.78 is 0. The minimum Gasteiger partial charge on any atom is -0.354 e. The fourth-order valence-corrected chi connectivity index (χ4v) is 3.18. The summed E-state index contributed by atoms with van der Waals surface area (Å²) in [6, 6.07) is 23.0. The summed E-state index contributed by atoms with van der Waals surface area (Å²) in [5.74, 6) is 0. The van der Waals surface area contributed by atoms with E-state index in [-0.39, 0.29) is 6.03 Å². The van der Waals surface area contributed by atoms with E-state index >= 15 is 0 Å². The van der Waals surface area contributed by atoms with Crippen molar-refractivity contribution in [1.29, 1.82) is 0 Å². The number of nitrogens with one attached hydrogen (secondary N) is 3. The van der Waals surface area contributed by atoms with Gasteiger partial charge in [-0.25, -0.2) is 4.79 Å². The van der Waals surface area contributed by atoms with E-state index in [1.807, 2.05) is 61.5 Å². The second-order valence-electron chi connectivity index (χ2n) is 6.36. The number of halogens is 1. The summed E-state index contributed by atoms with van der Waals surface area (Å²) in [6.45, 7) is 1.92. The molecule has 0 fully saturated rings. The Labute approximate surface area is 162 Å². The van der Waals surface area contributed by atoms with Crippen LogP contribution in [0.25, 0.3) is 22.2 Å². The Balaban J connectivity index is 1.59. The average Bonchev–Trinajstić information content (AvgIpc) is 3.09. The van der Waals surface area contributed by atoms with E-state index in [1.165, 1.54) is 0 Å². The SMILES string of the molecule is Cc1ccc(NC(=O)Nc2ccccc2-c2cc3ccccc3[nH]2)cc1Cl. The zero-order chi connectivity index (χ0) is 18.8. The molecule has 0 aliphatic rings. The molecule has 3 N–H and O–H groups in total. The summed E-state index contributed by atoms with van der Waals surface area (Å²) in [5.41, 5.74) is 5.26. The lowest BCUT2D eigenvalue weighted by Crippen LogP contribution is -2.19. The van der Waals surface area contributed by atoms with Crippen molar-refractivity contribution in [2.45, 2.75) is 6.92 Å². The molecule has 134 valence electrons. The number of carbonyl (C=O) groups excluding carboxylic acids is 1. The number of fused-ring (bicyclic) bond motifs is 1. The summed E-state index contributed by atoms with van der Waals surface area (Å²) in [4.78, 5) is 15.9. The second kappa shape index (κ2) is 7.17. The number of benzene rings is 3. The first kappa shape index (κ1) is 17.2. The molecule has 5 heteroatoms. The molecule has 4 rings (SSSR count). The smallest absolute Gasteiger partial charge is 0.323 e. The number of aromatic amines is 1. The number of amides is 2. The molecule has 27 heavy (non-hydrogen) atoms. The van der Waals surface area contributed by atoms with Gasteiger partial charge in [-0.15, -0.1) is 0 Å². The van der Waals surface area contributed by atoms with Gasteiger partial charge >= 0.3 is 6.03 Å². The second-order valence-corrected chi connectivity index (χ2v) is 6.77. The van der Waals surface area contributed by atoms with Gasteiger partial charge in [-0.05, 0) is 42.8 Å². The molecule has 0 aliphatic heterocycles. The first-order chi connectivity index (χ1) is 13.1. The Hall–Kier alpha value is -3.24. The highest BCUT2D eigenvalue weighted by molar-refractivity contribution is 6.31. The van der Waals surface area contributed by atoms with Crippen LogP contribution in [0.2, 0.25) is 5.02 Å². The van der Waals surface area contributed by atoms with E-state index in [0.717, 1.165) is 33.4 Å². The molecule has 0 saturated heterocycles. The fourth-order valence-electron chi connectivity index (χ4n) is 3.00. The monoisotopic (exact) mass is 375 g/mol. The van der Waals surface area contributed by atoms with E-state index in [1.54, 1.807) is 6.07 Å². The van der Waals surface area contributed by atoms with E-state index in [4.69, 9.17) is 11.6 Å². The first-order valence-electron chi connectivity index (χ1n) is 8.61. The minimum atomic E-state index is -0.321. The van der Waals surface area contributed by atoms with Gasteiger partial charge in [0, 0.05) is 32.9 Å². The fraction of sp³-hybridized carbons (Fsp3) is 0.0455. The topological polar surface area (TPSA) is 56.9 Å². The van der Waals surface area contributed by atoms with Crippen molar-refractivity contribution in [1.82, 2.24) is 4.98 Å². The molecule has 0 atom stereocenters. The van der Waals surface area contributed by atoms with Gasteiger partial charge in [-0.3, -0.25) is 0 Å². The number of carbonyl (C=O) groups is 1. The number of hydrogen-bond donors (Lipinski definition) is 3. The zero-order valence-electron chi connectivity index (χ0n) is 14.7. The largest absolute Gasteiger partial charge is 0.354 e. The lowest BCUT2D eigenvalue weighted by atomic mass is 10.1. The number of para-hydroxylation sites is 2. The number of aryl methyl sites for hydroxylation is 1. The van der Waals surface area contributed by atoms with Crippen molar-refractivity contribution in [3.8, 4) is 11.3 Å². The van der Waals surface area contributed by atoms with Gasteiger partial charge in [-0.1, -0.05) is 54.1 Å². The van der Waals surface area contributed by atoms with E-state index < -0.39 is 0 Å². The maximum Gasteiger partial charge on any atom is 0.323 e. The maximum atomic E-state index is 12.5. The summed E-state index contributed by atoms with van der Waals surface area (Å²) in [5, 5.41) is 7.48. The number of rotatable bonds is 3. The third-order valence-electron chi connectivity index (χ3n) is 4.43. The molecule has 4 aromatic rings. The average molecular weight is 376 g/mol. The lowest BCUT2D eigenvalue weighted by molar-refractivity contribution is 0.262. The van der Waals surface area contributed by atoms with Crippen LogP contribution in [0.4, 0.5) is 16.2 Å². The van der Waals surface area contributed by atoms with Crippen molar-refractivity contribution in [3.63, 3.8) is 0 Å². The van der Waals surface area contributed by atoms with Gasteiger partial charge in [-0.2, -0.15) is 0 Å². The van der Waals surface area contributed by atoms with Crippen molar-refractivity contribution < 1.29 is 4.79 Å². The summed E-state index contributed by atoms with van der Waals surface area (Å²) in [7, 11) is 0. The number of aromatic nitrogens is 1. The zero-order valence-corrected chi connectivity index (χ0v) is 15.5. The van der Waals surface area contributed by atoms with Crippen LogP contribution in [0.3, 0.4) is 0 Å². The van der Waals surface area contributed by atoms with Gasteiger partial charge < -0.3 is 15.6 Å². The van der Waals surface area contributed by atoms with E-state index in [2.05, 4.69) is 27.8 Å². The normalized spacial score (nSPS) is 10.7. The Morgan fingerprint density at radius 1 is 0.926 bits per heavy atom. The van der Waals surface area contributed by atoms with Gasteiger partial charge in [0.2, 0.25) is 0 Å². The quantitative estimate of drug-likeness (QED) is 0.379. The van der Waals surface area contributed by atoms with Crippen molar-refractivity contribution in [2.24, 2.45) is 0 Å². The lowest BCUT2D eigenvalue weighted by Gasteiger charge is -2.12. The van der Waals surface area contributed by atoms with Gasteiger partial charge in [0.25, 0.3) is 0 Å². The molecule has 3 aromatic carbocycles. The van der Waals surface area contributed by atoms with Crippen LogP contribution >= 0.6 is 11.6 Å². The Morgan fingerprint density at radius 3 is 2.52 bits per heavy atom. The molecule has 0 radical (unpaired) electrons. The van der Waals surface area contributed by atoms with Crippen LogP contribution in [0.15, 0.2) is 72.8 Å². The highest BCUT2D eigenvalue weighted by atomic mass is 35.5. The standard InChI is InChI=1S/C22H18ClN3O/c1-14-10-11-16(13-18(14)23)24-22(27)26-20-9-5-3-7-17(20)21-12-15-6-2-4-8-19(15)25-21/h2-13,25H,1H3,(H2,24,26,27). The third kappa shape index (κ3) is 3.66. The maximum absolute atomic E-state index is 12.5.